The zero-order chi connectivity index (χ0) is 16.9. The normalized spacial score (nSPS) is 11.5. The van der Waals surface area contributed by atoms with Crippen LogP contribution >= 0.6 is 0 Å². The van der Waals surface area contributed by atoms with Crippen LogP contribution in [0.1, 0.15) is 49.2 Å². The smallest absolute Gasteiger partial charge is 0.335 e. The maximum Gasteiger partial charge on any atom is 0.335 e. The van der Waals surface area contributed by atoms with Gasteiger partial charge in [0.1, 0.15) is 5.75 Å². The molecule has 0 saturated heterocycles. The van der Waals surface area contributed by atoms with E-state index in [1.807, 2.05) is 19.9 Å². The third-order valence-electron chi connectivity index (χ3n) is 3.05. The lowest BCUT2D eigenvalue weighted by Crippen LogP contribution is -2.13. The number of hydrogen-bond acceptors (Lipinski definition) is 3. The topological polar surface area (TPSA) is 66.8 Å². The maximum absolute atomic E-state index is 11.3. The molecule has 1 aromatic carbocycles. The van der Waals surface area contributed by atoms with Crippen LogP contribution < -0.4 is 4.74 Å². The van der Waals surface area contributed by atoms with Crippen molar-refractivity contribution in [3.05, 3.63) is 46.5 Å². The average Bonchev–Trinajstić information content (AvgIpc) is 2.41. The third kappa shape index (κ3) is 5.37. The molecule has 1 aromatic rings. The van der Waals surface area contributed by atoms with Gasteiger partial charge >= 0.3 is 5.97 Å². The van der Waals surface area contributed by atoms with Gasteiger partial charge in [-0.2, -0.15) is 0 Å². The Bertz CT molecular complexity index is 600. The molecule has 2 N–H and O–H groups in total. The van der Waals surface area contributed by atoms with Crippen molar-refractivity contribution in [1.29, 1.82) is 0 Å². The van der Waals surface area contributed by atoms with Gasteiger partial charge in [-0.05, 0) is 51.8 Å². The average molecular weight is 304 g/mol. The highest BCUT2D eigenvalue weighted by atomic mass is 16.5. The lowest BCUT2D eigenvalue weighted by atomic mass is 9.99. The number of aliphatic hydroxyl groups is 1. The van der Waals surface area contributed by atoms with Crippen molar-refractivity contribution in [3.63, 3.8) is 0 Å². The quantitative estimate of drug-likeness (QED) is 0.787. The van der Waals surface area contributed by atoms with Crippen molar-refractivity contribution in [2.24, 2.45) is 0 Å². The Morgan fingerprint density at radius 1 is 1.32 bits per heavy atom. The summed E-state index contributed by atoms with van der Waals surface area (Å²) in [5.41, 5.74) is 1.81. The van der Waals surface area contributed by atoms with Gasteiger partial charge in [0.25, 0.3) is 0 Å². The van der Waals surface area contributed by atoms with Gasteiger partial charge in [0.15, 0.2) is 0 Å². The lowest BCUT2D eigenvalue weighted by Gasteiger charge is -2.14. The van der Waals surface area contributed by atoms with Crippen molar-refractivity contribution in [3.8, 4) is 5.75 Å². The predicted molar refractivity (Wildman–Crippen MR) is 88.4 cm³/mol. The van der Waals surface area contributed by atoms with Crippen molar-refractivity contribution in [2.45, 2.75) is 39.7 Å². The molecule has 120 valence electrons. The summed E-state index contributed by atoms with van der Waals surface area (Å²) in [6.07, 6.45) is 5.92. The first-order valence-electron chi connectivity index (χ1n) is 7.13. The first-order valence-corrected chi connectivity index (χ1v) is 7.13. The summed E-state index contributed by atoms with van der Waals surface area (Å²) < 4.78 is 5.45. The maximum atomic E-state index is 11.3. The number of hydrogen-bond donors (Lipinski definition) is 2. The fourth-order valence-electron chi connectivity index (χ4n) is 1.97. The SMILES string of the molecule is COc1c(/C=C/C(C)(C)O)cc(C(=O)O)cc1CC=C(C)C. The monoisotopic (exact) mass is 304 g/mol. The van der Waals surface area contributed by atoms with E-state index in [2.05, 4.69) is 0 Å². The van der Waals surface area contributed by atoms with Gasteiger partial charge < -0.3 is 14.9 Å². The van der Waals surface area contributed by atoms with Crippen LogP contribution in [0.15, 0.2) is 29.9 Å². The molecule has 0 unspecified atom stereocenters. The van der Waals surface area contributed by atoms with Crippen LogP contribution in [-0.4, -0.2) is 28.9 Å². The number of methoxy groups -OCH3 is 1. The van der Waals surface area contributed by atoms with Gasteiger partial charge in [0, 0.05) is 5.56 Å². The molecule has 0 aliphatic rings. The number of carboxylic acids is 1. The molecule has 0 amide bonds. The zero-order valence-electron chi connectivity index (χ0n) is 13.8. The van der Waals surface area contributed by atoms with Crippen LogP contribution in [0.25, 0.3) is 6.08 Å². The van der Waals surface area contributed by atoms with Crippen molar-refractivity contribution < 1.29 is 19.7 Å². The standard InChI is InChI=1S/C18H24O4/c1-12(2)6-7-13-10-15(17(19)20)11-14(16(13)22-5)8-9-18(3,4)21/h6,8-11,21H,7H2,1-5H3,(H,19,20)/b9-8+. The Hall–Kier alpha value is -2.07. The Morgan fingerprint density at radius 3 is 2.41 bits per heavy atom. The number of allylic oxidation sites excluding steroid dienone is 2. The molecular formula is C18H24O4. The largest absolute Gasteiger partial charge is 0.496 e. The third-order valence-corrected chi connectivity index (χ3v) is 3.05. The summed E-state index contributed by atoms with van der Waals surface area (Å²) in [6, 6.07) is 3.18. The fraction of sp³-hybridized carbons (Fsp3) is 0.389. The molecule has 4 heteroatoms. The molecule has 22 heavy (non-hydrogen) atoms. The van der Waals surface area contributed by atoms with Crippen molar-refractivity contribution in [2.75, 3.05) is 7.11 Å². The summed E-state index contributed by atoms with van der Waals surface area (Å²) in [4.78, 5) is 11.3. The fourth-order valence-corrected chi connectivity index (χ4v) is 1.97. The highest BCUT2D eigenvalue weighted by Gasteiger charge is 2.14. The first-order chi connectivity index (χ1) is 10.1. The van der Waals surface area contributed by atoms with Crippen molar-refractivity contribution in [1.82, 2.24) is 0 Å². The van der Waals surface area contributed by atoms with Gasteiger partial charge in [-0.3, -0.25) is 0 Å². The Morgan fingerprint density at radius 2 is 1.95 bits per heavy atom. The predicted octanol–water partition coefficient (Wildman–Crippen LogP) is 3.69. The Kier molecular flexibility index (Phi) is 5.94. The minimum Gasteiger partial charge on any atom is -0.496 e. The summed E-state index contributed by atoms with van der Waals surface area (Å²) in [7, 11) is 1.56. The molecule has 0 spiro atoms. The number of benzene rings is 1. The van der Waals surface area contributed by atoms with E-state index in [0.717, 1.165) is 11.1 Å². The van der Waals surface area contributed by atoms with E-state index >= 15 is 0 Å². The van der Waals surface area contributed by atoms with Gasteiger partial charge in [-0.15, -0.1) is 0 Å². The number of rotatable bonds is 6. The molecule has 0 atom stereocenters. The molecule has 0 radical (unpaired) electrons. The highest BCUT2D eigenvalue weighted by Crippen LogP contribution is 2.29. The van der Waals surface area contributed by atoms with Crippen LogP contribution in [0.4, 0.5) is 0 Å². The molecule has 0 heterocycles. The minimum atomic E-state index is -0.987. The van der Waals surface area contributed by atoms with Gasteiger partial charge in [0.05, 0.1) is 18.3 Å². The summed E-state index contributed by atoms with van der Waals surface area (Å²) in [5.74, 6) is -0.359. The Labute approximate surface area is 131 Å². The molecular weight excluding hydrogens is 280 g/mol. The van der Waals surface area contributed by atoms with E-state index in [-0.39, 0.29) is 5.56 Å². The van der Waals surface area contributed by atoms with Crippen LogP contribution in [0.2, 0.25) is 0 Å². The molecule has 1 rings (SSSR count). The van der Waals surface area contributed by atoms with Crippen LogP contribution in [0.3, 0.4) is 0 Å². The van der Waals surface area contributed by atoms with Gasteiger partial charge in [-0.1, -0.05) is 23.8 Å². The van der Waals surface area contributed by atoms with E-state index in [1.165, 1.54) is 0 Å². The van der Waals surface area contributed by atoms with E-state index in [0.29, 0.717) is 17.7 Å². The first kappa shape index (κ1) is 18.0. The van der Waals surface area contributed by atoms with Gasteiger partial charge in [0.2, 0.25) is 0 Å². The van der Waals surface area contributed by atoms with Crippen LogP contribution in [0.5, 0.6) is 5.75 Å². The van der Waals surface area contributed by atoms with Crippen LogP contribution in [-0.2, 0) is 6.42 Å². The second-order valence-corrected chi connectivity index (χ2v) is 6.04. The second kappa shape index (κ2) is 7.27. The second-order valence-electron chi connectivity index (χ2n) is 6.04. The van der Waals surface area contributed by atoms with E-state index in [1.54, 1.807) is 45.2 Å². The van der Waals surface area contributed by atoms with Crippen molar-refractivity contribution >= 4 is 12.0 Å². The number of ether oxygens (including phenoxy) is 1. The lowest BCUT2D eigenvalue weighted by molar-refractivity contribution is 0.0696. The molecule has 0 saturated carbocycles. The highest BCUT2D eigenvalue weighted by molar-refractivity contribution is 5.89. The van der Waals surface area contributed by atoms with Gasteiger partial charge in [-0.25, -0.2) is 4.79 Å². The van der Waals surface area contributed by atoms with E-state index in [4.69, 9.17) is 4.74 Å². The summed E-state index contributed by atoms with van der Waals surface area (Å²) >= 11 is 0. The molecule has 0 bridgehead atoms. The molecule has 0 aliphatic carbocycles. The number of carboxylic acid groups (broad SMARTS) is 1. The summed E-state index contributed by atoms with van der Waals surface area (Å²) in [6.45, 7) is 7.29. The van der Waals surface area contributed by atoms with Crippen LogP contribution in [0, 0.1) is 0 Å². The minimum absolute atomic E-state index is 0.202. The molecule has 0 aromatic heterocycles. The summed E-state index contributed by atoms with van der Waals surface area (Å²) in [5, 5.41) is 19.1. The Balaban J connectivity index is 3.42. The zero-order valence-corrected chi connectivity index (χ0v) is 13.8. The van der Waals surface area contributed by atoms with E-state index in [9.17, 15) is 15.0 Å². The molecule has 0 aliphatic heterocycles. The van der Waals surface area contributed by atoms with E-state index < -0.39 is 11.6 Å². The number of aromatic carboxylic acids is 1. The number of carbonyl (C=O) groups is 1. The molecule has 4 nitrogen and oxygen atoms in total. The molecule has 0 fully saturated rings.